The third-order valence-electron chi connectivity index (χ3n) is 6.38. The number of ether oxygens (including phenoxy) is 1. The molecule has 0 aliphatic carbocycles. The molecule has 2 unspecified atom stereocenters. The minimum Gasteiger partial charge on any atom is -0.376 e. The number of anilines is 1. The molecule has 4 rings (SSSR count). The molecule has 0 N–H and O–H groups in total. The minimum atomic E-state index is -0.830. The average Bonchev–Trinajstić information content (AvgIpc) is 3.39. The van der Waals surface area contributed by atoms with Crippen LogP contribution in [0.4, 0.5) is 5.69 Å². The summed E-state index contributed by atoms with van der Waals surface area (Å²) in [5.41, 5.74) is 3.07. The van der Waals surface area contributed by atoms with E-state index in [1.807, 2.05) is 37.3 Å². The van der Waals surface area contributed by atoms with Crippen LogP contribution in [0.1, 0.15) is 60.5 Å². The van der Waals surface area contributed by atoms with Crippen LogP contribution in [0.3, 0.4) is 0 Å². The van der Waals surface area contributed by atoms with Gasteiger partial charge in [-0.3, -0.25) is 14.4 Å². The summed E-state index contributed by atoms with van der Waals surface area (Å²) in [4.78, 5) is 42.7. The van der Waals surface area contributed by atoms with Crippen LogP contribution >= 0.6 is 0 Å². The standard InChI is InChI=1S/C26H30N2O4/c1-17(2)19-10-12-20(13-11-19)28-24(29)15-23(26(28)31)27(16-21-8-6-14-32-21)25(30)22-9-5-4-7-18(22)3/h4-5,7,9-13,17,21,23H,6,8,14-16H2,1-3H3. The molecule has 0 radical (unpaired) electrons. The smallest absolute Gasteiger partial charge is 0.257 e. The number of benzene rings is 2. The Morgan fingerprint density at radius 2 is 1.84 bits per heavy atom. The van der Waals surface area contributed by atoms with Crippen molar-refractivity contribution in [2.75, 3.05) is 18.1 Å². The lowest BCUT2D eigenvalue weighted by molar-refractivity contribution is -0.122. The molecule has 168 valence electrons. The van der Waals surface area contributed by atoms with Crippen LogP contribution in [0, 0.1) is 6.92 Å². The van der Waals surface area contributed by atoms with Gasteiger partial charge in [0.05, 0.1) is 18.2 Å². The Kier molecular flexibility index (Phi) is 6.42. The van der Waals surface area contributed by atoms with Gasteiger partial charge in [-0.1, -0.05) is 44.2 Å². The Morgan fingerprint density at radius 3 is 2.47 bits per heavy atom. The van der Waals surface area contributed by atoms with E-state index in [4.69, 9.17) is 4.74 Å². The maximum Gasteiger partial charge on any atom is 0.257 e. The van der Waals surface area contributed by atoms with E-state index < -0.39 is 6.04 Å². The van der Waals surface area contributed by atoms with Crippen molar-refractivity contribution in [3.8, 4) is 0 Å². The number of carbonyl (C=O) groups is 3. The average molecular weight is 435 g/mol. The largest absolute Gasteiger partial charge is 0.376 e. The molecule has 0 saturated carbocycles. The van der Waals surface area contributed by atoms with Crippen LogP contribution in [0.2, 0.25) is 0 Å². The molecule has 2 saturated heterocycles. The maximum absolute atomic E-state index is 13.5. The highest BCUT2D eigenvalue weighted by atomic mass is 16.5. The summed E-state index contributed by atoms with van der Waals surface area (Å²) in [5.74, 6) is -0.517. The number of hydrogen-bond donors (Lipinski definition) is 0. The summed E-state index contributed by atoms with van der Waals surface area (Å²) in [6, 6.07) is 14.0. The highest BCUT2D eigenvalue weighted by Gasteiger charge is 2.45. The summed E-state index contributed by atoms with van der Waals surface area (Å²) in [7, 11) is 0. The van der Waals surface area contributed by atoms with Crippen LogP contribution in [0.15, 0.2) is 48.5 Å². The molecule has 2 fully saturated rings. The molecule has 2 atom stereocenters. The summed E-state index contributed by atoms with van der Waals surface area (Å²) in [6.07, 6.45) is 1.63. The fourth-order valence-corrected chi connectivity index (χ4v) is 4.47. The Labute approximate surface area is 189 Å². The Morgan fingerprint density at radius 1 is 1.12 bits per heavy atom. The number of carbonyl (C=O) groups excluding carboxylic acids is 3. The van der Waals surface area contributed by atoms with E-state index in [0.29, 0.717) is 30.3 Å². The quantitative estimate of drug-likeness (QED) is 0.643. The number of nitrogens with zero attached hydrogens (tertiary/aromatic N) is 2. The maximum atomic E-state index is 13.5. The zero-order valence-corrected chi connectivity index (χ0v) is 18.9. The van der Waals surface area contributed by atoms with E-state index in [1.165, 1.54) is 4.90 Å². The van der Waals surface area contributed by atoms with E-state index in [0.717, 1.165) is 24.0 Å². The van der Waals surface area contributed by atoms with E-state index in [9.17, 15) is 14.4 Å². The number of imide groups is 1. The molecule has 32 heavy (non-hydrogen) atoms. The molecule has 0 bridgehead atoms. The van der Waals surface area contributed by atoms with Crippen molar-refractivity contribution in [3.05, 3.63) is 65.2 Å². The van der Waals surface area contributed by atoms with Crippen molar-refractivity contribution in [3.63, 3.8) is 0 Å². The van der Waals surface area contributed by atoms with Crippen molar-refractivity contribution in [2.24, 2.45) is 0 Å². The molecular formula is C26H30N2O4. The van der Waals surface area contributed by atoms with E-state index >= 15 is 0 Å². The topological polar surface area (TPSA) is 66.9 Å². The van der Waals surface area contributed by atoms with Gasteiger partial charge in [-0.05, 0) is 55.0 Å². The molecule has 2 aromatic carbocycles. The van der Waals surface area contributed by atoms with Gasteiger partial charge in [-0.2, -0.15) is 0 Å². The first-order valence-electron chi connectivity index (χ1n) is 11.3. The Balaban J connectivity index is 1.63. The second-order valence-corrected chi connectivity index (χ2v) is 8.94. The molecule has 2 aliphatic rings. The van der Waals surface area contributed by atoms with Gasteiger partial charge in [-0.25, -0.2) is 4.90 Å². The van der Waals surface area contributed by atoms with E-state index in [2.05, 4.69) is 13.8 Å². The van der Waals surface area contributed by atoms with Crippen molar-refractivity contribution in [1.82, 2.24) is 4.90 Å². The highest BCUT2D eigenvalue weighted by molar-refractivity contribution is 6.23. The third-order valence-corrected chi connectivity index (χ3v) is 6.38. The summed E-state index contributed by atoms with van der Waals surface area (Å²) in [6.45, 7) is 7.02. The molecule has 2 aliphatic heterocycles. The van der Waals surface area contributed by atoms with Crippen molar-refractivity contribution < 1.29 is 19.1 Å². The van der Waals surface area contributed by atoms with Gasteiger partial charge in [0, 0.05) is 18.7 Å². The molecule has 0 spiro atoms. The van der Waals surface area contributed by atoms with Gasteiger partial charge in [0.15, 0.2) is 0 Å². The minimum absolute atomic E-state index is 0.0187. The first-order chi connectivity index (χ1) is 15.4. The second kappa shape index (κ2) is 9.25. The molecule has 0 aromatic heterocycles. The number of amides is 3. The summed E-state index contributed by atoms with van der Waals surface area (Å²) >= 11 is 0. The zero-order valence-electron chi connectivity index (χ0n) is 18.9. The van der Waals surface area contributed by atoms with Crippen LogP contribution in [0.5, 0.6) is 0 Å². The van der Waals surface area contributed by atoms with Crippen molar-refractivity contribution in [1.29, 1.82) is 0 Å². The number of rotatable bonds is 6. The molecule has 2 aromatic rings. The van der Waals surface area contributed by atoms with Crippen LogP contribution in [0.25, 0.3) is 0 Å². The SMILES string of the molecule is Cc1ccccc1C(=O)N(CC1CCCO1)C1CC(=O)N(c2ccc(C(C)C)cc2)C1=O. The first kappa shape index (κ1) is 22.2. The van der Waals surface area contributed by atoms with Crippen molar-refractivity contribution >= 4 is 23.4 Å². The van der Waals surface area contributed by atoms with Gasteiger partial charge in [0.25, 0.3) is 11.8 Å². The van der Waals surface area contributed by atoms with E-state index in [-0.39, 0.29) is 30.2 Å². The fraction of sp³-hybridized carbons (Fsp3) is 0.423. The summed E-state index contributed by atoms with van der Waals surface area (Å²) < 4.78 is 5.76. The van der Waals surface area contributed by atoms with E-state index in [1.54, 1.807) is 23.1 Å². The number of aryl methyl sites for hydroxylation is 1. The van der Waals surface area contributed by atoms with Crippen LogP contribution in [-0.2, 0) is 14.3 Å². The molecule has 3 amide bonds. The second-order valence-electron chi connectivity index (χ2n) is 8.94. The zero-order chi connectivity index (χ0) is 22.8. The van der Waals surface area contributed by atoms with Gasteiger partial charge in [0.2, 0.25) is 5.91 Å². The van der Waals surface area contributed by atoms with Gasteiger partial charge in [0.1, 0.15) is 6.04 Å². The lowest BCUT2D eigenvalue weighted by Crippen LogP contribution is -2.48. The monoisotopic (exact) mass is 434 g/mol. The van der Waals surface area contributed by atoms with Crippen LogP contribution < -0.4 is 4.90 Å². The van der Waals surface area contributed by atoms with Crippen LogP contribution in [-0.4, -0.2) is 47.9 Å². The third kappa shape index (κ3) is 4.32. The van der Waals surface area contributed by atoms with Gasteiger partial charge >= 0.3 is 0 Å². The predicted molar refractivity (Wildman–Crippen MR) is 123 cm³/mol. The normalized spacial score (nSPS) is 20.9. The van der Waals surface area contributed by atoms with Gasteiger partial charge < -0.3 is 9.64 Å². The molecule has 6 heteroatoms. The lowest BCUT2D eigenvalue weighted by Gasteiger charge is -2.30. The lowest BCUT2D eigenvalue weighted by atomic mass is 10.0. The van der Waals surface area contributed by atoms with Crippen molar-refractivity contribution in [2.45, 2.75) is 58.1 Å². The Hall–Kier alpha value is -2.99. The molecule has 2 heterocycles. The predicted octanol–water partition coefficient (Wildman–Crippen LogP) is 4.07. The highest BCUT2D eigenvalue weighted by Crippen LogP contribution is 2.29. The first-order valence-corrected chi connectivity index (χ1v) is 11.3. The molecule has 6 nitrogen and oxygen atoms in total. The number of hydrogen-bond acceptors (Lipinski definition) is 4. The van der Waals surface area contributed by atoms with Gasteiger partial charge in [-0.15, -0.1) is 0 Å². The Bertz CT molecular complexity index is 1010. The summed E-state index contributed by atoms with van der Waals surface area (Å²) in [5, 5.41) is 0. The fourth-order valence-electron chi connectivity index (χ4n) is 4.47. The molecular weight excluding hydrogens is 404 g/mol.